The van der Waals surface area contributed by atoms with Gasteiger partial charge in [0, 0.05) is 6.54 Å². The van der Waals surface area contributed by atoms with Crippen LogP contribution in [0.4, 0.5) is 4.39 Å². The lowest BCUT2D eigenvalue weighted by Crippen LogP contribution is -2.49. The maximum Gasteiger partial charge on any atom is 0.324 e. The Balaban J connectivity index is 2.60. The number of β-amino-alcohol motifs (C(OH)–C–C–N with tert-alkyl or cyclic N) is 1. The second kappa shape index (κ2) is 5.12. The first kappa shape index (κ1) is 13.4. The summed E-state index contributed by atoms with van der Waals surface area (Å²) in [4.78, 5) is 10.8. The van der Waals surface area contributed by atoms with Crippen LogP contribution in [0.3, 0.4) is 0 Å². The molecule has 0 radical (unpaired) electrons. The Morgan fingerprint density at radius 2 is 2.31 bits per heavy atom. The predicted octanol–water partition coefficient (Wildman–Crippen LogP) is -0.494. The average Bonchev–Trinajstić information content (AvgIpc) is 2.43. The summed E-state index contributed by atoms with van der Waals surface area (Å²) in [5.41, 5.74) is -2.14. The summed E-state index contributed by atoms with van der Waals surface area (Å²) in [6, 6.07) is -1.36. The maximum atomic E-state index is 14.3. The molecule has 0 aromatic carbocycles. The fourth-order valence-corrected chi connectivity index (χ4v) is 2.03. The number of nitrogens with one attached hydrogen (secondary N) is 1. The smallest absolute Gasteiger partial charge is 0.324 e. The van der Waals surface area contributed by atoms with Crippen LogP contribution >= 0.6 is 0 Å². The molecule has 3 atom stereocenters. The summed E-state index contributed by atoms with van der Waals surface area (Å²) in [5, 5.41) is 29.8. The van der Waals surface area contributed by atoms with Gasteiger partial charge in [-0.25, -0.2) is 4.39 Å². The Kier molecular flexibility index (Phi) is 4.29. The van der Waals surface area contributed by atoms with Gasteiger partial charge in [-0.1, -0.05) is 13.2 Å². The number of hydrogen-bond acceptors (Lipinski definition) is 4. The second-order valence-corrected chi connectivity index (χ2v) is 4.36. The molecule has 16 heavy (non-hydrogen) atoms. The summed E-state index contributed by atoms with van der Waals surface area (Å²) in [7, 11) is 0. The SMILES string of the molecule is CB(O)CCCC1(F)C(O)CNC1C(=O)O. The largest absolute Gasteiger partial charge is 0.480 e. The minimum atomic E-state index is -2.14. The minimum absolute atomic E-state index is 0.0534. The van der Waals surface area contributed by atoms with E-state index in [1.807, 2.05) is 0 Å². The molecule has 0 aromatic heterocycles. The van der Waals surface area contributed by atoms with Gasteiger partial charge in [0.25, 0.3) is 6.92 Å². The molecular formula is C9H17BFNO4. The van der Waals surface area contributed by atoms with E-state index in [-0.39, 0.29) is 13.0 Å². The standard InChI is InChI=1S/C9H17BFNO4/c1-10(16)4-2-3-9(11)6(13)5-12-7(9)8(14)15/h6-7,12-13,16H,2-5H2,1H3,(H,14,15). The molecule has 0 aromatic rings. The van der Waals surface area contributed by atoms with Crippen LogP contribution in [0.1, 0.15) is 12.8 Å². The predicted molar refractivity (Wildman–Crippen MR) is 57.2 cm³/mol. The van der Waals surface area contributed by atoms with Crippen molar-refractivity contribution < 1.29 is 24.4 Å². The van der Waals surface area contributed by atoms with Crippen molar-refractivity contribution in [1.82, 2.24) is 5.32 Å². The summed E-state index contributed by atoms with van der Waals surface area (Å²) in [6.07, 6.45) is -0.632. The van der Waals surface area contributed by atoms with Crippen molar-refractivity contribution in [3.63, 3.8) is 0 Å². The number of rotatable bonds is 5. The van der Waals surface area contributed by atoms with Gasteiger partial charge in [-0.2, -0.15) is 0 Å². The Labute approximate surface area is 93.8 Å². The summed E-state index contributed by atoms with van der Waals surface area (Å²) < 4.78 is 14.3. The van der Waals surface area contributed by atoms with Crippen LogP contribution in [0.15, 0.2) is 0 Å². The van der Waals surface area contributed by atoms with Crippen molar-refractivity contribution in [2.24, 2.45) is 0 Å². The van der Waals surface area contributed by atoms with E-state index in [1.165, 1.54) is 0 Å². The van der Waals surface area contributed by atoms with E-state index < -0.39 is 30.7 Å². The average molecular weight is 233 g/mol. The third-order valence-corrected chi connectivity index (χ3v) is 2.98. The van der Waals surface area contributed by atoms with Crippen LogP contribution in [-0.2, 0) is 4.79 Å². The van der Waals surface area contributed by atoms with E-state index in [0.717, 1.165) is 0 Å². The van der Waals surface area contributed by atoms with Gasteiger partial charge in [-0.15, -0.1) is 0 Å². The first-order chi connectivity index (χ1) is 7.38. The number of aliphatic hydroxyl groups excluding tert-OH is 1. The molecule has 4 N–H and O–H groups in total. The topological polar surface area (TPSA) is 89.8 Å². The zero-order valence-corrected chi connectivity index (χ0v) is 9.19. The van der Waals surface area contributed by atoms with E-state index >= 15 is 0 Å². The lowest BCUT2D eigenvalue weighted by Gasteiger charge is -2.26. The molecule has 5 nitrogen and oxygen atoms in total. The molecule has 0 amide bonds. The quantitative estimate of drug-likeness (QED) is 0.481. The third-order valence-electron chi connectivity index (χ3n) is 2.98. The molecule has 1 rings (SSSR count). The molecular weight excluding hydrogens is 216 g/mol. The first-order valence-corrected chi connectivity index (χ1v) is 5.39. The van der Waals surface area contributed by atoms with Crippen LogP contribution in [0.5, 0.6) is 0 Å². The molecule has 1 aliphatic heterocycles. The molecule has 1 heterocycles. The third kappa shape index (κ3) is 2.72. The number of carboxylic acid groups (broad SMARTS) is 1. The van der Waals surface area contributed by atoms with Crippen molar-refractivity contribution in [2.75, 3.05) is 6.54 Å². The van der Waals surface area contributed by atoms with Crippen LogP contribution in [0.25, 0.3) is 0 Å². The van der Waals surface area contributed by atoms with Crippen molar-refractivity contribution in [3.05, 3.63) is 0 Å². The van der Waals surface area contributed by atoms with Crippen LogP contribution in [0.2, 0.25) is 13.1 Å². The highest BCUT2D eigenvalue weighted by atomic mass is 19.1. The van der Waals surface area contributed by atoms with Crippen LogP contribution < -0.4 is 5.32 Å². The molecule has 3 unspecified atom stereocenters. The fraction of sp³-hybridized carbons (Fsp3) is 0.889. The van der Waals surface area contributed by atoms with Crippen LogP contribution in [0, 0.1) is 0 Å². The molecule has 1 aliphatic rings. The van der Waals surface area contributed by atoms with Crippen molar-refractivity contribution in [1.29, 1.82) is 0 Å². The zero-order chi connectivity index (χ0) is 12.3. The number of hydrogen-bond donors (Lipinski definition) is 4. The zero-order valence-electron chi connectivity index (χ0n) is 9.19. The minimum Gasteiger partial charge on any atom is -0.480 e. The van der Waals surface area contributed by atoms with Gasteiger partial charge >= 0.3 is 5.97 Å². The van der Waals surface area contributed by atoms with Gasteiger partial charge in [0.2, 0.25) is 0 Å². The highest BCUT2D eigenvalue weighted by molar-refractivity contribution is 6.48. The van der Waals surface area contributed by atoms with Crippen molar-refractivity contribution in [3.8, 4) is 0 Å². The summed E-state index contributed by atoms with van der Waals surface area (Å²) >= 11 is 0. The number of carbonyl (C=O) groups is 1. The maximum absolute atomic E-state index is 14.3. The van der Waals surface area contributed by atoms with Gasteiger partial charge in [0.15, 0.2) is 5.67 Å². The Bertz CT molecular complexity index is 266. The molecule has 7 heteroatoms. The molecule has 0 bridgehead atoms. The van der Waals surface area contributed by atoms with Crippen molar-refractivity contribution in [2.45, 2.75) is 43.8 Å². The molecule has 1 fully saturated rings. The molecule has 1 saturated heterocycles. The highest BCUT2D eigenvalue weighted by Gasteiger charge is 2.53. The lowest BCUT2D eigenvalue weighted by atomic mass is 9.66. The summed E-state index contributed by atoms with van der Waals surface area (Å²) in [6.45, 7) is 0.990. The Hall–Kier alpha value is -0.655. The van der Waals surface area contributed by atoms with Gasteiger partial charge in [-0.3, -0.25) is 10.1 Å². The first-order valence-electron chi connectivity index (χ1n) is 5.39. The van der Waals surface area contributed by atoms with E-state index in [2.05, 4.69) is 5.32 Å². The fourth-order valence-electron chi connectivity index (χ4n) is 2.03. The molecule has 0 spiro atoms. The van der Waals surface area contributed by atoms with Gasteiger partial charge in [-0.05, 0) is 12.7 Å². The van der Waals surface area contributed by atoms with E-state index in [4.69, 9.17) is 10.1 Å². The number of aliphatic hydroxyl groups is 1. The highest BCUT2D eigenvalue weighted by Crippen LogP contribution is 2.32. The van der Waals surface area contributed by atoms with E-state index in [9.17, 15) is 14.3 Å². The van der Waals surface area contributed by atoms with E-state index in [1.54, 1.807) is 6.82 Å². The number of aliphatic carboxylic acids is 1. The normalized spacial score (nSPS) is 34.0. The van der Waals surface area contributed by atoms with Gasteiger partial charge in [0.05, 0.1) is 0 Å². The van der Waals surface area contributed by atoms with Gasteiger partial charge < -0.3 is 15.2 Å². The monoisotopic (exact) mass is 233 g/mol. The van der Waals surface area contributed by atoms with E-state index in [0.29, 0.717) is 12.7 Å². The molecule has 0 aliphatic carbocycles. The second-order valence-electron chi connectivity index (χ2n) is 4.36. The van der Waals surface area contributed by atoms with Gasteiger partial charge in [0.1, 0.15) is 12.1 Å². The summed E-state index contributed by atoms with van der Waals surface area (Å²) in [5.74, 6) is -1.30. The Morgan fingerprint density at radius 1 is 1.69 bits per heavy atom. The molecule has 92 valence electrons. The Morgan fingerprint density at radius 3 is 2.81 bits per heavy atom. The number of halogens is 1. The van der Waals surface area contributed by atoms with Crippen LogP contribution in [-0.4, -0.2) is 52.5 Å². The number of carboxylic acids is 1. The number of alkyl halides is 1. The lowest BCUT2D eigenvalue weighted by molar-refractivity contribution is -0.144. The molecule has 0 saturated carbocycles. The van der Waals surface area contributed by atoms with Crippen molar-refractivity contribution >= 4 is 12.9 Å².